The zero-order valence-electron chi connectivity index (χ0n) is 22.0. The number of ketones is 1. The van der Waals surface area contributed by atoms with E-state index in [1.165, 1.54) is 0 Å². The van der Waals surface area contributed by atoms with Crippen LogP contribution in [0.3, 0.4) is 0 Å². The lowest BCUT2D eigenvalue weighted by Gasteiger charge is -2.21. The van der Waals surface area contributed by atoms with Gasteiger partial charge >= 0.3 is 10.1 Å². The average Bonchev–Trinajstić information content (AvgIpc) is 3.49. The third-order valence-corrected chi connectivity index (χ3v) is 8.52. The van der Waals surface area contributed by atoms with Gasteiger partial charge in [0.2, 0.25) is 0 Å². The zero-order chi connectivity index (χ0) is 30.2. The van der Waals surface area contributed by atoms with Gasteiger partial charge in [-0.2, -0.15) is 13.5 Å². The molecule has 42 heavy (non-hydrogen) atoms. The van der Waals surface area contributed by atoms with Crippen molar-refractivity contribution >= 4 is 27.2 Å². The number of nitrogens with zero attached hydrogens (tertiary/aromatic N) is 3. The Bertz CT molecular complexity index is 1570. The third kappa shape index (κ3) is 6.49. The van der Waals surface area contributed by atoms with Crippen molar-refractivity contribution in [2.24, 2.45) is 0 Å². The molecule has 0 aliphatic carbocycles. The van der Waals surface area contributed by atoms with Gasteiger partial charge in [-0.05, 0) is 44.1 Å². The number of aromatic nitrogens is 3. The van der Waals surface area contributed by atoms with Crippen molar-refractivity contribution in [3.63, 3.8) is 0 Å². The summed E-state index contributed by atoms with van der Waals surface area (Å²) < 4.78 is 110. The number of nitrogens with one attached hydrogen (secondary N) is 1. The van der Waals surface area contributed by atoms with Crippen LogP contribution in [0.5, 0.6) is 5.75 Å². The van der Waals surface area contributed by atoms with Crippen LogP contribution in [0.1, 0.15) is 80.6 Å². The van der Waals surface area contributed by atoms with Gasteiger partial charge in [0.15, 0.2) is 5.78 Å². The van der Waals surface area contributed by atoms with Crippen molar-refractivity contribution in [1.82, 2.24) is 20.1 Å². The van der Waals surface area contributed by atoms with Crippen molar-refractivity contribution in [2.45, 2.75) is 50.9 Å². The van der Waals surface area contributed by atoms with Crippen LogP contribution < -0.4 is 9.50 Å². The highest BCUT2D eigenvalue weighted by Gasteiger charge is 2.36. The van der Waals surface area contributed by atoms with Crippen LogP contribution in [0.25, 0.3) is 0 Å². The first kappa shape index (κ1) is 30.5. The number of rotatable bonds is 9. The van der Waals surface area contributed by atoms with Crippen molar-refractivity contribution in [3.8, 4) is 5.75 Å². The summed E-state index contributed by atoms with van der Waals surface area (Å²) in [5, 5.41) is 7.25. The average molecular weight is 637 g/mol. The molecule has 4 heterocycles. The standard InChI is InChI=1S/C25H25F5N4O6S2/c1-42(36,37)40-18-3-2-14(26)19-13(18)10-38-11-39-21(19)20-22(41-25(32-20)12-4-6-31-7-5-12)17(35)9-34-16(24(29)30)8-15(33-34)23(27)28/h2-3,8,12,21,23-24,31H,4-7,9-11H2,1H3. The molecule has 2 aliphatic rings. The van der Waals surface area contributed by atoms with Crippen LogP contribution in [0.15, 0.2) is 18.2 Å². The Morgan fingerprint density at radius 1 is 1.21 bits per heavy atom. The Hall–Kier alpha value is -2.99. The van der Waals surface area contributed by atoms with Crippen LogP contribution in [-0.4, -0.2) is 55.1 Å². The molecule has 1 aromatic carbocycles. The number of alkyl halides is 4. The van der Waals surface area contributed by atoms with E-state index in [1.54, 1.807) is 0 Å². The monoisotopic (exact) mass is 636 g/mol. The highest BCUT2D eigenvalue weighted by Crippen LogP contribution is 2.42. The topological polar surface area (TPSA) is 122 Å². The molecule has 0 saturated carbocycles. The summed E-state index contributed by atoms with van der Waals surface area (Å²) in [4.78, 5) is 18.2. The molecule has 0 spiro atoms. The lowest BCUT2D eigenvalue weighted by atomic mass is 9.97. The molecule has 2 aliphatic heterocycles. The number of ether oxygens (including phenoxy) is 2. The minimum absolute atomic E-state index is 0.0198. The van der Waals surface area contributed by atoms with Gasteiger partial charge in [0.05, 0.1) is 28.4 Å². The van der Waals surface area contributed by atoms with E-state index in [4.69, 9.17) is 13.7 Å². The fourth-order valence-corrected chi connectivity index (χ4v) is 6.56. The third-order valence-electron chi connectivity index (χ3n) is 6.76. The van der Waals surface area contributed by atoms with Crippen molar-refractivity contribution < 1.29 is 48.8 Å². The lowest BCUT2D eigenvalue weighted by molar-refractivity contribution is -0.0764. The first-order chi connectivity index (χ1) is 19.9. The Morgan fingerprint density at radius 3 is 2.62 bits per heavy atom. The van der Waals surface area contributed by atoms with Crippen LogP contribution in [0.4, 0.5) is 22.0 Å². The number of piperidine rings is 1. The van der Waals surface area contributed by atoms with E-state index < -0.39 is 65.4 Å². The number of hydrogen-bond donors (Lipinski definition) is 1. The van der Waals surface area contributed by atoms with Crippen molar-refractivity contribution in [3.05, 3.63) is 62.1 Å². The first-order valence-electron chi connectivity index (χ1n) is 12.7. The number of thiazole rings is 1. The van der Waals surface area contributed by atoms with Gasteiger partial charge in [-0.15, -0.1) is 11.3 Å². The van der Waals surface area contributed by atoms with Crippen LogP contribution in [0, 0.1) is 5.82 Å². The summed E-state index contributed by atoms with van der Waals surface area (Å²) in [7, 11) is -4.02. The number of benzene rings is 1. The Balaban J connectivity index is 1.61. The van der Waals surface area contributed by atoms with Gasteiger partial charge in [-0.25, -0.2) is 26.9 Å². The predicted octanol–water partition coefficient (Wildman–Crippen LogP) is 4.64. The van der Waals surface area contributed by atoms with Gasteiger partial charge in [-0.1, -0.05) is 0 Å². The quantitative estimate of drug-likeness (QED) is 0.204. The van der Waals surface area contributed by atoms with Gasteiger partial charge < -0.3 is 19.0 Å². The van der Waals surface area contributed by atoms with E-state index in [2.05, 4.69) is 15.4 Å². The molecule has 0 bridgehead atoms. The highest BCUT2D eigenvalue weighted by atomic mass is 32.2. The Morgan fingerprint density at radius 2 is 1.95 bits per heavy atom. The van der Waals surface area contributed by atoms with Crippen LogP contribution in [-0.2, 0) is 32.7 Å². The van der Waals surface area contributed by atoms with E-state index in [0.717, 1.165) is 29.7 Å². The second-order valence-corrected chi connectivity index (χ2v) is 12.3. The summed E-state index contributed by atoms with van der Waals surface area (Å²) in [5.74, 6) is -1.88. The molecule has 10 nitrogen and oxygen atoms in total. The summed E-state index contributed by atoms with van der Waals surface area (Å²) in [5.41, 5.74) is -1.96. The van der Waals surface area contributed by atoms with Crippen LogP contribution in [0.2, 0.25) is 0 Å². The zero-order valence-corrected chi connectivity index (χ0v) is 23.6. The van der Waals surface area contributed by atoms with Gasteiger partial charge in [-0.3, -0.25) is 9.48 Å². The number of halogens is 5. The molecular formula is C25H25F5N4O6S2. The minimum atomic E-state index is -4.02. The fraction of sp³-hybridized carbons (Fsp3) is 0.480. The van der Waals surface area contributed by atoms with E-state index >= 15 is 4.39 Å². The number of carbonyl (C=O) groups excluding carboxylic acids is 1. The van der Waals surface area contributed by atoms with E-state index in [9.17, 15) is 30.8 Å². The summed E-state index contributed by atoms with van der Waals surface area (Å²) in [6.45, 7) is -0.131. The molecule has 1 saturated heterocycles. The molecule has 1 N–H and O–H groups in total. The smallest absolute Gasteiger partial charge is 0.306 e. The maximum absolute atomic E-state index is 15.4. The van der Waals surface area contributed by atoms with Gasteiger partial charge in [0, 0.05) is 17.0 Å². The SMILES string of the molecule is CS(=O)(=O)Oc1ccc(F)c2c1COCOC2c1nc(C2CCNCC2)sc1C(=O)Cn1nc(C(F)F)cc1C(F)F. The number of hydrogen-bond acceptors (Lipinski definition) is 10. The normalized spacial score (nSPS) is 18.3. The molecule has 1 fully saturated rings. The Kier molecular flexibility index (Phi) is 8.94. The summed E-state index contributed by atoms with van der Waals surface area (Å²) in [6, 6.07) is 2.64. The predicted molar refractivity (Wildman–Crippen MR) is 138 cm³/mol. The van der Waals surface area contributed by atoms with Crippen molar-refractivity contribution in [1.29, 1.82) is 0 Å². The summed E-state index contributed by atoms with van der Waals surface area (Å²) >= 11 is 0.980. The van der Waals surface area contributed by atoms with Gasteiger partial charge in [0.1, 0.15) is 42.4 Å². The summed E-state index contributed by atoms with van der Waals surface area (Å²) in [6.07, 6.45) is -5.51. The molecule has 17 heteroatoms. The minimum Gasteiger partial charge on any atom is -0.382 e. The molecule has 0 amide bonds. The van der Waals surface area contributed by atoms with E-state index in [-0.39, 0.29) is 40.0 Å². The maximum atomic E-state index is 15.4. The Labute approximate surface area is 240 Å². The van der Waals surface area contributed by atoms with E-state index in [0.29, 0.717) is 41.7 Å². The molecular weight excluding hydrogens is 611 g/mol. The maximum Gasteiger partial charge on any atom is 0.306 e. The van der Waals surface area contributed by atoms with E-state index in [1.807, 2.05) is 0 Å². The second-order valence-electron chi connectivity index (χ2n) is 9.71. The molecule has 228 valence electrons. The largest absolute Gasteiger partial charge is 0.382 e. The molecule has 5 rings (SSSR count). The van der Waals surface area contributed by atoms with Gasteiger partial charge in [0.25, 0.3) is 12.9 Å². The number of fused-ring (bicyclic) bond motifs is 1. The molecule has 2 aromatic heterocycles. The molecule has 1 unspecified atom stereocenters. The van der Waals surface area contributed by atoms with Crippen LogP contribution >= 0.6 is 11.3 Å². The molecule has 1 atom stereocenters. The van der Waals surface area contributed by atoms with Crippen molar-refractivity contribution in [2.75, 3.05) is 26.1 Å². The highest BCUT2D eigenvalue weighted by molar-refractivity contribution is 7.86. The lowest BCUT2D eigenvalue weighted by Crippen LogP contribution is -2.26. The number of carbonyl (C=O) groups is 1. The first-order valence-corrected chi connectivity index (χ1v) is 15.3. The second kappa shape index (κ2) is 12.3. The molecule has 3 aromatic rings. The molecule has 0 radical (unpaired) electrons. The number of Topliss-reactive ketones (excluding diaryl/α,β-unsaturated/α-hetero) is 1. The fourth-order valence-electron chi connectivity index (χ4n) is 4.89.